The molecule has 1 fully saturated rings. The lowest BCUT2D eigenvalue weighted by atomic mass is 10.1. The van der Waals surface area contributed by atoms with Crippen molar-refractivity contribution in [2.45, 2.75) is 33.1 Å². The van der Waals surface area contributed by atoms with Gasteiger partial charge in [-0.05, 0) is 25.0 Å². The van der Waals surface area contributed by atoms with Gasteiger partial charge in [-0.1, -0.05) is 13.8 Å². The van der Waals surface area contributed by atoms with Crippen LogP contribution >= 0.6 is 0 Å². The standard InChI is InChI=1S/C20H26F3N5O2/c1-13(2)11-27-6-7-30-16(12-27)9-25-19(29)17-10-26-28(14(17)3)18-5-4-15(8-24-18)20(21,22)23/h4-5,8,10,13,16H,6-7,9,11-12H2,1-3H3,(H,25,29)/t16-/m1/s1. The van der Waals surface area contributed by atoms with Crippen molar-refractivity contribution in [3.8, 4) is 5.82 Å². The van der Waals surface area contributed by atoms with Crippen LogP contribution in [0.2, 0.25) is 0 Å². The maximum Gasteiger partial charge on any atom is 0.417 e. The predicted molar refractivity (Wildman–Crippen MR) is 104 cm³/mol. The number of nitrogens with one attached hydrogen (secondary N) is 1. The average Bonchev–Trinajstić information content (AvgIpc) is 3.07. The Kier molecular flexibility index (Phi) is 6.77. The van der Waals surface area contributed by atoms with E-state index in [9.17, 15) is 18.0 Å². The molecule has 1 aliphatic rings. The van der Waals surface area contributed by atoms with Crippen molar-refractivity contribution >= 4 is 5.91 Å². The fourth-order valence-corrected chi connectivity index (χ4v) is 3.43. The van der Waals surface area contributed by atoms with Crippen LogP contribution in [0.5, 0.6) is 0 Å². The molecular weight excluding hydrogens is 399 g/mol. The number of pyridine rings is 1. The van der Waals surface area contributed by atoms with Gasteiger partial charge in [0.25, 0.3) is 5.91 Å². The summed E-state index contributed by atoms with van der Waals surface area (Å²) >= 11 is 0. The summed E-state index contributed by atoms with van der Waals surface area (Å²) in [5.74, 6) is 0.459. The number of alkyl halides is 3. The molecule has 1 amide bonds. The molecule has 2 aromatic heterocycles. The maximum atomic E-state index is 12.7. The van der Waals surface area contributed by atoms with Crippen molar-refractivity contribution in [2.24, 2.45) is 5.92 Å². The SMILES string of the molecule is Cc1c(C(=O)NC[C@@H]2CN(CC(C)C)CCO2)cnn1-c1ccc(C(F)(F)F)cn1. The van der Waals surface area contributed by atoms with Gasteiger partial charge < -0.3 is 10.1 Å². The monoisotopic (exact) mass is 425 g/mol. The Morgan fingerprint density at radius 3 is 2.73 bits per heavy atom. The predicted octanol–water partition coefficient (Wildman–Crippen LogP) is 2.68. The number of amides is 1. The van der Waals surface area contributed by atoms with E-state index in [0.717, 1.165) is 31.9 Å². The van der Waals surface area contributed by atoms with Gasteiger partial charge in [0.2, 0.25) is 0 Å². The number of halogens is 3. The number of nitrogens with zero attached hydrogens (tertiary/aromatic N) is 4. The molecule has 1 N–H and O–H groups in total. The van der Waals surface area contributed by atoms with E-state index in [1.165, 1.54) is 16.9 Å². The van der Waals surface area contributed by atoms with Crippen molar-refractivity contribution in [1.29, 1.82) is 0 Å². The molecule has 10 heteroatoms. The molecule has 0 saturated carbocycles. The van der Waals surface area contributed by atoms with Gasteiger partial charge >= 0.3 is 6.18 Å². The summed E-state index contributed by atoms with van der Waals surface area (Å²) in [6.45, 7) is 9.63. The fourth-order valence-electron chi connectivity index (χ4n) is 3.43. The van der Waals surface area contributed by atoms with E-state index >= 15 is 0 Å². The van der Waals surface area contributed by atoms with Gasteiger partial charge in [-0.25, -0.2) is 9.67 Å². The molecule has 1 atom stereocenters. The lowest BCUT2D eigenvalue weighted by molar-refractivity contribution is -0.137. The highest BCUT2D eigenvalue weighted by molar-refractivity contribution is 5.95. The van der Waals surface area contributed by atoms with Crippen LogP contribution in [0.15, 0.2) is 24.5 Å². The highest BCUT2D eigenvalue weighted by Crippen LogP contribution is 2.28. The molecule has 7 nitrogen and oxygen atoms in total. The molecule has 0 aromatic carbocycles. The summed E-state index contributed by atoms with van der Waals surface area (Å²) in [5, 5.41) is 6.98. The molecule has 3 rings (SSSR count). The fraction of sp³-hybridized carbons (Fsp3) is 0.550. The maximum absolute atomic E-state index is 12.7. The minimum Gasteiger partial charge on any atom is -0.374 e. The van der Waals surface area contributed by atoms with Crippen molar-refractivity contribution in [3.05, 3.63) is 41.3 Å². The van der Waals surface area contributed by atoms with E-state index in [0.29, 0.717) is 30.3 Å². The average molecular weight is 425 g/mol. The zero-order valence-corrected chi connectivity index (χ0v) is 17.2. The van der Waals surface area contributed by atoms with E-state index in [2.05, 4.69) is 34.1 Å². The molecule has 30 heavy (non-hydrogen) atoms. The van der Waals surface area contributed by atoms with E-state index in [4.69, 9.17) is 4.74 Å². The largest absolute Gasteiger partial charge is 0.417 e. The summed E-state index contributed by atoms with van der Waals surface area (Å²) in [6.07, 6.45) is -2.41. The number of hydrogen-bond donors (Lipinski definition) is 1. The number of rotatable bonds is 6. The zero-order chi connectivity index (χ0) is 21.9. The molecule has 0 bridgehead atoms. The first-order valence-corrected chi connectivity index (χ1v) is 9.85. The summed E-state index contributed by atoms with van der Waals surface area (Å²) < 4.78 is 45.2. The Hall–Kier alpha value is -2.46. The van der Waals surface area contributed by atoms with Crippen LogP contribution in [-0.4, -0.2) is 64.5 Å². The van der Waals surface area contributed by atoms with E-state index in [1.54, 1.807) is 6.92 Å². The van der Waals surface area contributed by atoms with Crippen LogP contribution < -0.4 is 5.32 Å². The smallest absolute Gasteiger partial charge is 0.374 e. The van der Waals surface area contributed by atoms with E-state index in [1.807, 2.05) is 0 Å². The number of morpholine rings is 1. The highest BCUT2D eigenvalue weighted by Gasteiger charge is 2.31. The highest BCUT2D eigenvalue weighted by atomic mass is 19.4. The topological polar surface area (TPSA) is 72.3 Å². The molecular formula is C20H26F3N5O2. The number of ether oxygens (including phenoxy) is 1. The first kappa shape index (κ1) is 22.2. The minimum atomic E-state index is -4.46. The van der Waals surface area contributed by atoms with Gasteiger partial charge in [-0.15, -0.1) is 0 Å². The van der Waals surface area contributed by atoms with Crippen LogP contribution in [0, 0.1) is 12.8 Å². The van der Waals surface area contributed by atoms with Gasteiger partial charge in [0.05, 0.1) is 35.7 Å². The molecule has 0 unspecified atom stereocenters. The second-order valence-corrected chi connectivity index (χ2v) is 7.81. The first-order chi connectivity index (χ1) is 14.1. The Labute approximate surface area is 173 Å². The summed E-state index contributed by atoms with van der Waals surface area (Å²) in [5.41, 5.74) is -0.00897. The normalized spacial score (nSPS) is 18.0. The van der Waals surface area contributed by atoms with E-state index in [-0.39, 0.29) is 17.8 Å². The third kappa shape index (κ3) is 5.37. The van der Waals surface area contributed by atoms with Crippen LogP contribution in [0.4, 0.5) is 13.2 Å². The number of carbonyl (C=O) groups excluding carboxylic acids is 1. The van der Waals surface area contributed by atoms with Gasteiger partial charge in [0.1, 0.15) is 0 Å². The molecule has 2 aromatic rings. The van der Waals surface area contributed by atoms with Crippen LogP contribution in [0.1, 0.15) is 35.5 Å². The second-order valence-electron chi connectivity index (χ2n) is 7.81. The van der Waals surface area contributed by atoms with Gasteiger partial charge in [-0.2, -0.15) is 18.3 Å². The van der Waals surface area contributed by atoms with Gasteiger partial charge in [-0.3, -0.25) is 9.69 Å². The number of hydrogen-bond acceptors (Lipinski definition) is 5. The Morgan fingerprint density at radius 2 is 2.10 bits per heavy atom. The lowest BCUT2D eigenvalue weighted by Crippen LogP contribution is -2.48. The molecule has 0 aliphatic carbocycles. The number of carbonyl (C=O) groups is 1. The summed E-state index contributed by atoms with van der Waals surface area (Å²) in [7, 11) is 0. The molecule has 1 aliphatic heterocycles. The lowest BCUT2D eigenvalue weighted by Gasteiger charge is -2.33. The van der Waals surface area contributed by atoms with E-state index < -0.39 is 11.7 Å². The van der Waals surface area contributed by atoms with Crippen LogP contribution in [-0.2, 0) is 10.9 Å². The summed E-state index contributed by atoms with van der Waals surface area (Å²) in [6, 6.07) is 2.16. The third-order valence-corrected chi connectivity index (χ3v) is 4.88. The molecule has 0 radical (unpaired) electrons. The molecule has 3 heterocycles. The van der Waals surface area contributed by atoms with Crippen LogP contribution in [0.25, 0.3) is 5.82 Å². The summed E-state index contributed by atoms with van der Waals surface area (Å²) in [4.78, 5) is 18.7. The van der Waals surface area contributed by atoms with Gasteiger partial charge in [0.15, 0.2) is 5.82 Å². The Balaban J connectivity index is 1.62. The minimum absolute atomic E-state index is 0.0895. The zero-order valence-electron chi connectivity index (χ0n) is 17.2. The third-order valence-electron chi connectivity index (χ3n) is 4.88. The number of aromatic nitrogens is 3. The van der Waals surface area contributed by atoms with Gasteiger partial charge in [0, 0.05) is 32.4 Å². The molecule has 0 spiro atoms. The first-order valence-electron chi connectivity index (χ1n) is 9.85. The quantitative estimate of drug-likeness (QED) is 0.771. The van der Waals surface area contributed by atoms with Crippen molar-refractivity contribution in [2.75, 3.05) is 32.8 Å². The van der Waals surface area contributed by atoms with Crippen molar-refractivity contribution in [1.82, 2.24) is 25.0 Å². The molecule has 164 valence electrons. The molecule has 1 saturated heterocycles. The van der Waals surface area contributed by atoms with Crippen molar-refractivity contribution < 1.29 is 22.7 Å². The van der Waals surface area contributed by atoms with Crippen LogP contribution in [0.3, 0.4) is 0 Å². The van der Waals surface area contributed by atoms with Crippen molar-refractivity contribution in [3.63, 3.8) is 0 Å². The Morgan fingerprint density at radius 1 is 1.33 bits per heavy atom. The Bertz CT molecular complexity index is 864. The second kappa shape index (κ2) is 9.13.